The van der Waals surface area contributed by atoms with Crippen LogP contribution in [-0.4, -0.2) is 53.7 Å². The van der Waals surface area contributed by atoms with Crippen LogP contribution < -0.4 is 11.1 Å². The maximum Gasteiger partial charge on any atom is 0.248 e. The van der Waals surface area contributed by atoms with Crippen LogP contribution in [0.15, 0.2) is 24.4 Å². The minimum absolute atomic E-state index is 0.287. The van der Waals surface area contributed by atoms with Gasteiger partial charge < -0.3 is 16.0 Å². The third-order valence-electron chi connectivity index (χ3n) is 6.64. The van der Waals surface area contributed by atoms with Crippen molar-refractivity contribution >= 4 is 16.8 Å². The Morgan fingerprint density at radius 3 is 2.64 bits per heavy atom. The first-order valence-electron chi connectivity index (χ1n) is 11.4. The highest BCUT2D eigenvalue weighted by atomic mass is 16.1. The lowest BCUT2D eigenvalue weighted by atomic mass is 9.91. The van der Waals surface area contributed by atoms with Crippen molar-refractivity contribution in [3.05, 3.63) is 35.7 Å². The maximum absolute atomic E-state index is 12.2. The second-order valence-corrected chi connectivity index (χ2v) is 8.71. The molecule has 1 amide bonds. The first-order valence-corrected chi connectivity index (χ1v) is 11.4. The van der Waals surface area contributed by atoms with E-state index >= 15 is 0 Å². The van der Waals surface area contributed by atoms with Gasteiger partial charge in [0, 0.05) is 29.1 Å². The van der Waals surface area contributed by atoms with E-state index in [4.69, 9.17) is 10.8 Å². The van der Waals surface area contributed by atoms with Gasteiger partial charge in [-0.05, 0) is 64.8 Å². The van der Waals surface area contributed by atoms with Crippen LogP contribution in [0.3, 0.4) is 0 Å². The molecule has 1 fully saturated rings. The number of carbonyl (C=O) groups excluding carboxylic acids is 1. The van der Waals surface area contributed by atoms with E-state index in [1.54, 1.807) is 6.07 Å². The number of rotatable bonds is 6. The summed E-state index contributed by atoms with van der Waals surface area (Å²) in [6.45, 7) is 4.71. The van der Waals surface area contributed by atoms with Crippen molar-refractivity contribution in [2.75, 3.05) is 7.05 Å². The largest absolute Gasteiger partial charge is 0.366 e. The summed E-state index contributed by atoms with van der Waals surface area (Å²) >= 11 is 0. The molecule has 0 spiro atoms. The van der Waals surface area contributed by atoms with Crippen LogP contribution in [0.5, 0.6) is 0 Å². The molecule has 4 aromatic rings. The van der Waals surface area contributed by atoms with E-state index in [0.717, 1.165) is 60.1 Å². The molecular weight excluding hydrogens is 418 g/mol. The van der Waals surface area contributed by atoms with Crippen LogP contribution in [0.25, 0.3) is 33.8 Å². The van der Waals surface area contributed by atoms with E-state index in [1.807, 2.05) is 48.6 Å². The number of hydrogen-bond donors (Lipinski definition) is 3. The fourth-order valence-corrected chi connectivity index (χ4v) is 4.86. The Labute approximate surface area is 191 Å². The smallest absolute Gasteiger partial charge is 0.248 e. The van der Waals surface area contributed by atoms with Gasteiger partial charge in [-0.15, -0.1) is 10.2 Å². The number of primary amides is 1. The number of nitrogens with one attached hydrogen (secondary N) is 2. The number of aryl methyl sites for hydroxylation is 2. The zero-order valence-electron chi connectivity index (χ0n) is 19.2. The molecule has 5 rings (SSSR count). The summed E-state index contributed by atoms with van der Waals surface area (Å²) in [5.41, 5.74) is 9.55. The predicted octanol–water partition coefficient (Wildman–Crippen LogP) is 2.82. The third-order valence-corrected chi connectivity index (χ3v) is 6.64. The Morgan fingerprint density at radius 1 is 1.18 bits per heavy atom. The standard InChI is InChI=1S/C23H29N9O/c1-4-31-20(9-13(2)30-31)23-27-22(28-29-23)17-10-14(21(24)33)11-19-18(17)12-26-32(19)16-7-5-15(25-3)6-8-16/h9-12,15-16,25H,4-8H2,1-3H3,(H2,24,33)(H,27,28,29)/t15-,16+. The van der Waals surface area contributed by atoms with Crippen molar-refractivity contribution in [3.8, 4) is 22.9 Å². The summed E-state index contributed by atoms with van der Waals surface area (Å²) in [5.74, 6) is 0.713. The average molecular weight is 448 g/mol. The Kier molecular flexibility index (Phi) is 5.45. The fourth-order valence-electron chi connectivity index (χ4n) is 4.86. The third kappa shape index (κ3) is 3.80. The summed E-state index contributed by atoms with van der Waals surface area (Å²) in [6, 6.07) is 6.41. The Bertz CT molecular complexity index is 1310. The topological polar surface area (TPSA) is 132 Å². The molecule has 1 aliphatic rings. The number of benzene rings is 1. The summed E-state index contributed by atoms with van der Waals surface area (Å²) in [5, 5.41) is 22.3. The van der Waals surface area contributed by atoms with Gasteiger partial charge in [-0.2, -0.15) is 10.2 Å². The highest BCUT2D eigenvalue weighted by Gasteiger charge is 2.25. The molecular formula is C23H29N9O. The molecule has 0 saturated heterocycles. The van der Waals surface area contributed by atoms with E-state index in [-0.39, 0.29) is 6.04 Å². The van der Waals surface area contributed by atoms with E-state index in [2.05, 4.69) is 25.6 Å². The Balaban J connectivity index is 1.58. The SMILES string of the molecule is CCn1nc(C)cc1-c1nnc(-c2cc(C(N)=O)cc3c2cnn3[C@H]2CC[C@@H](NC)CC2)[nH]1. The zero-order valence-corrected chi connectivity index (χ0v) is 19.2. The van der Waals surface area contributed by atoms with Gasteiger partial charge in [-0.3, -0.25) is 14.2 Å². The number of aromatic nitrogens is 7. The zero-order chi connectivity index (χ0) is 23.1. The molecule has 172 valence electrons. The van der Waals surface area contributed by atoms with E-state index in [9.17, 15) is 4.79 Å². The average Bonchev–Trinajstić information content (AvgIpc) is 3.56. The normalized spacial score (nSPS) is 18.8. The monoisotopic (exact) mass is 447 g/mol. The van der Waals surface area contributed by atoms with Crippen LogP contribution in [-0.2, 0) is 6.54 Å². The van der Waals surface area contributed by atoms with Crippen LogP contribution in [0, 0.1) is 6.92 Å². The lowest BCUT2D eigenvalue weighted by Crippen LogP contribution is -2.31. The minimum Gasteiger partial charge on any atom is -0.366 e. The fraction of sp³-hybridized carbons (Fsp3) is 0.435. The number of amides is 1. The van der Waals surface area contributed by atoms with Crippen LogP contribution in [0.4, 0.5) is 0 Å². The number of nitrogens with two attached hydrogens (primary N) is 1. The molecule has 33 heavy (non-hydrogen) atoms. The van der Waals surface area contributed by atoms with Crippen molar-refractivity contribution in [3.63, 3.8) is 0 Å². The number of hydrogen-bond acceptors (Lipinski definition) is 6. The molecule has 0 bridgehead atoms. The molecule has 1 saturated carbocycles. The van der Waals surface area contributed by atoms with Gasteiger partial charge in [0.1, 0.15) is 5.69 Å². The van der Waals surface area contributed by atoms with Crippen molar-refractivity contribution in [1.82, 2.24) is 40.1 Å². The molecule has 4 N–H and O–H groups in total. The van der Waals surface area contributed by atoms with Crippen molar-refractivity contribution < 1.29 is 4.79 Å². The maximum atomic E-state index is 12.2. The van der Waals surface area contributed by atoms with Gasteiger partial charge in [0.25, 0.3) is 0 Å². The van der Waals surface area contributed by atoms with E-state index in [1.165, 1.54) is 0 Å². The molecule has 10 heteroatoms. The summed E-state index contributed by atoms with van der Waals surface area (Å²) in [6.07, 6.45) is 6.11. The number of carbonyl (C=O) groups is 1. The first kappa shape index (κ1) is 21.3. The van der Waals surface area contributed by atoms with Crippen molar-refractivity contribution in [2.45, 2.75) is 58.2 Å². The van der Waals surface area contributed by atoms with E-state index in [0.29, 0.717) is 23.3 Å². The van der Waals surface area contributed by atoms with Gasteiger partial charge >= 0.3 is 0 Å². The van der Waals surface area contributed by atoms with Gasteiger partial charge in [0.15, 0.2) is 11.6 Å². The van der Waals surface area contributed by atoms with E-state index < -0.39 is 5.91 Å². The quantitative estimate of drug-likeness (QED) is 0.416. The highest BCUT2D eigenvalue weighted by molar-refractivity contribution is 6.02. The first-order chi connectivity index (χ1) is 16.0. The second kappa shape index (κ2) is 8.43. The number of nitrogens with zero attached hydrogens (tertiary/aromatic N) is 6. The van der Waals surface area contributed by atoms with Crippen molar-refractivity contribution in [2.24, 2.45) is 5.73 Å². The van der Waals surface area contributed by atoms with Crippen LogP contribution in [0.1, 0.15) is 54.7 Å². The Morgan fingerprint density at radius 2 is 1.94 bits per heavy atom. The second-order valence-electron chi connectivity index (χ2n) is 8.71. The molecule has 1 aliphatic carbocycles. The lowest BCUT2D eigenvalue weighted by Gasteiger charge is -2.28. The minimum atomic E-state index is -0.482. The molecule has 3 heterocycles. The molecule has 0 radical (unpaired) electrons. The molecule has 0 unspecified atom stereocenters. The predicted molar refractivity (Wildman–Crippen MR) is 126 cm³/mol. The molecule has 3 aromatic heterocycles. The molecule has 10 nitrogen and oxygen atoms in total. The summed E-state index contributed by atoms with van der Waals surface area (Å²) in [4.78, 5) is 15.5. The number of aromatic amines is 1. The highest BCUT2D eigenvalue weighted by Crippen LogP contribution is 2.34. The number of fused-ring (bicyclic) bond motifs is 1. The molecule has 1 aromatic carbocycles. The van der Waals surface area contributed by atoms with Gasteiger partial charge in [0.05, 0.1) is 23.4 Å². The van der Waals surface area contributed by atoms with Crippen LogP contribution >= 0.6 is 0 Å². The lowest BCUT2D eigenvalue weighted by molar-refractivity contribution is 0.100. The van der Waals surface area contributed by atoms with Gasteiger partial charge in [-0.1, -0.05) is 0 Å². The van der Waals surface area contributed by atoms with Crippen molar-refractivity contribution in [1.29, 1.82) is 0 Å². The number of H-pyrrole nitrogens is 1. The molecule has 0 aliphatic heterocycles. The Hall–Kier alpha value is -3.53. The van der Waals surface area contributed by atoms with Crippen LogP contribution in [0.2, 0.25) is 0 Å². The summed E-state index contributed by atoms with van der Waals surface area (Å²) < 4.78 is 3.93. The molecule has 0 atom stereocenters. The summed E-state index contributed by atoms with van der Waals surface area (Å²) in [7, 11) is 2.01. The van der Waals surface area contributed by atoms with Gasteiger partial charge in [0.2, 0.25) is 5.91 Å². The van der Waals surface area contributed by atoms with Gasteiger partial charge in [-0.25, -0.2) is 0 Å².